The van der Waals surface area contributed by atoms with E-state index in [0.29, 0.717) is 11.3 Å². The molecule has 1 fully saturated rings. The first-order valence-corrected chi connectivity index (χ1v) is 8.72. The number of rotatable bonds is 5. The first-order valence-electron chi connectivity index (χ1n) is 7.84. The van der Waals surface area contributed by atoms with Crippen LogP contribution in [-0.4, -0.2) is 17.6 Å². The van der Waals surface area contributed by atoms with Gasteiger partial charge in [0.1, 0.15) is 0 Å². The van der Waals surface area contributed by atoms with Crippen LogP contribution in [0.25, 0.3) is 0 Å². The Morgan fingerprint density at radius 2 is 1.90 bits per heavy atom. The highest BCUT2D eigenvalue weighted by molar-refractivity contribution is 7.09. The quantitative estimate of drug-likeness (QED) is 0.871. The summed E-state index contributed by atoms with van der Waals surface area (Å²) in [6, 6.07) is 0.793. The van der Waals surface area contributed by atoms with E-state index < -0.39 is 0 Å². The van der Waals surface area contributed by atoms with Crippen molar-refractivity contribution in [1.82, 2.24) is 10.3 Å². The van der Waals surface area contributed by atoms with E-state index in [1.165, 1.54) is 23.5 Å². The summed E-state index contributed by atoms with van der Waals surface area (Å²) in [5, 5.41) is 7.24. The maximum Gasteiger partial charge on any atom is 0.0931 e. The maximum atomic E-state index is 4.87. The lowest BCUT2D eigenvalue weighted by molar-refractivity contribution is 0.230. The van der Waals surface area contributed by atoms with Gasteiger partial charge in [-0.25, -0.2) is 4.98 Å². The van der Waals surface area contributed by atoms with Crippen molar-refractivity contribution in [2.24, 2.45) is 11.3 Å². The molecule has 2 nitrogen and oxygen atoms in total. The minimum absolute atomic E-state index is 0.165. The third kappa shape index (κ3) is 4.56. The molecular formula is C17H30N2S. The molecule has 20 heavy (non-hydrogen) atoms. The summed E-state index contributed by atoms with van der Waals surface area (Å²) in [7, 11) is 0. The van der Waals surface area contributed by atoms with Gasteiger partial charge in [0.15, 0.2) is 0 Å². The molecule has 2 rings (SSSR count). The molecule has 1 unspecified atom stereocenters. The van der Waals surface area contributed by atoms with Gasteiger partial charge in [0.05, 0.1) is 10.7 Å². The van der Waals surface area contributed by atoms with Crippen LogP contribution >= 0.6 is 11.3 Å². The molecular weight excluding hydrogens is 264 g/mol. The molecule has 1 atom stereocenters. The molecule has 1 aromatic rings. The average Bonchev–Trinajstić information content (AvgIpc) is 2.98. The van der Waals surface area contributed by atoms with Gasteiger partial charge in [-0.3, -0.25) is 0 Å². The zero-order chi connectivity index (χ0) is 15.0. The Balaban J connectivity index is 2.00. The fourth-order valence-electron chi connectivity index (χ4n) is 2.24. The highest BCUT2D eigenvalue weighted by Crippen LogP contribution is 2.32. The second kappa shape index (κ2) is 5.76. The van der Waals surface area contributed by atoms with Gasteiger partial charge in [-0.15, -0.1) is 11.3 Å². The van der Waals surface area contributed by atoms with E-state index >= 15 is 0 Å². The van der Waals surface area contributed by atoms with Crippen LogP contribution in [0.15, 0.2) is 5.38 Å². The summed E-state index contributed by atoms with van der Waals surface area (Å²) in [6.07, 6.45) is 3.83. The first kappa shape index (κ1) is 16.0. The number of aromatic nitrogens is 1. The molecule has 0 aromatic carbocycles. The molecule has 1 heterocycles. The van der Waals surface area contributed by atoms with Crippen molar-refractivity contribution in [3.63, 3.8) is 0 Å². The molecule has 0 aliphatic heterocycles. The first-order chi connectivity index (χ1) is 9.16. The van der Waals surface area contributed by atoms with Crippen molar-refractivity contribution in [3.8, 4) is 0 Å². The predicted molar refractivity (Wildman–Crippen MR) is 88.5 cm³/mol. The molecule has 0 amide bonds. The molecule has 3 heteroatoms. The Hall–Kier alpha value is -0.410. The van der Waals surface area contributed by atoms with Crippen molar-refractivity contribution in [3.05, 3.63) is 16.1 Å². The molecule has 1 aromatic heterocycles. The summed E-state index contributed by atoms with van der Waals surface area (Å²) < 4.78 is 0. The molecule has 114 valence electrons. The van der Waals surface area contributed by atoms with Gasteiger partial charge in [0.2, 0.25) is 0 Å². The van der Waals surface area contributed by atoms with Crippen molar-refractivity contribution in [1.29, 1.82) is 0 Å². The van der Waals surface area contributed by atoms with E-state index in [1.54, 1.807) is 0 Å². The van der Waals surface area contributed by atoms with Crippen LogP contribution in [0, 0.1) is 11.3 Å². The number of hydrogen-bond donors (Lipinski definition) is 1. The van der Waals surface area contributed by atoms with Crippen LogP contribution in [0.2, 0.25) is 0 Å². The van der Waals surface area contributed by atoms with Crippen LogP contribution in [-0.2, 0) is 11.8 Å². The van der Waals surface area contributed by atoms with Crippen molar-refractivity contribution in [2.75, 3.05) is 6.54 Å². The van der Waals surface area contributed by atoms with Crippen molar-refractivity contribution >= 4 is 11.3 Å². The number of nitrogens with zero attached hydrogens (tertiary/aromatic N) is 1. The van der Waals surface area contributed by atoms with E-state index in [1.807, 2.05) is 11.3 Å². The molecule has 0 saturated heterocycles. The maximum absolute atomic E-state index is 4.87. The van der Waals surface area contributed by atoms with Crippen molar-refractivity contribution in [2.45, 2.75) is 72.3 Å². The second-order valence-corrected chi connectivity index (χ2v) is 9.27. The fraction of sp³-hybridized carbons (Fsp3) is 0.824. The van der Waals surface area contributed by atoms with E-state index in [9.17, 15) is 0 Å². The Morgan fingerprint density at radius 1 is 1.25 bits per heavy atom. The van der Waals surface area contributed by atoms with Gasteiger partial charge < -0.3 is 5.32 Å². The Morgan fingerprint density at radius 3 is 2.35 bits per heavy atom. The monoisotopic (exact) mass is 294 g/mol. The zero-order valence-corrected chi connectivity index (χ0v) is 14.7. The molecule has 1 aliphatic carbocycles. The zero-order valence-electron chi connectivity index (χ0n) is 13.9. The lowest BCUT2D eigenvalue weighted by Gasteiger charge is -2.30. The molecule has 0 radical (unpaired) electrons. The Kier molecular flexibility index (Phi) is 4.60. The third-order valence-corrected chi connectivity index (χ3v) is 5.07. The normalized spacial score (nSPS) is 18.3. The minimum atomic E-state index is 0.165. The Bertz CT molecular complexity index is 433. The summed E-state index contributed by atoms with van der Waals surface area (Å²) in [5.74, 6) is 0.655. The largest absolute Gasteiger partial charge is 0.314 e. The molecule has 0 bridgehead atoms. The van der Waals surface area contributed by atoms with E-state index in [4.69, 9.17) is 4.98 Å². The topological polar surface area (TPSA) is 24.9 Å². The predicted octanol–water partition coefficient (Wildman–Crippen LogP) is 4.40. The third-order valence-electron chi connectivity index (χ3n) is 4.20. The average molecular weight is 295 g/mol. The van der Waals surface area contributed by atoms with E-state index in [-0.39, 0.29) is 5.41 Å². The second-order valence-electron chi connectivity index (χ2n) is 8.33. The van der Waals surface area contributed by atoms with Gasteiger partial charge >= 0.3 is 0 Å². The number of hydrogen-bond acceptors (Lipinski definition) is 3. The lowest BCUT2D eigenvalue weighted by Crippen LogP contribution is -2.34. The Labute approximate surface area is 128 Å². The van der Waals surface area contributed by atoms with Gasteiger partial charge in [-0.1, -0.05) is 41.5 Å². The molecule has 1 aliphatic rings. The summed E-state index contributed by atoms with van der Waals surface area (Å²) in [4.78, 5) is 4.87. The molecule has 1 N–H and O–H groups in total. The smallest absolute Gasteiger partial charge is 0.0931 e. The van der Waals surface area contributed by atoms with Gasteiger partial charge in [0, 0.05) is 23.3 Å². The van der Waals surface area contributed by atoms with Gasteiger partial charge in [0.25, 0.3) is 0 Å². The highest BCUT2D eigenvalue weighted by atomic mass is 32.1. The summed E-state index contributed by atoms with van der Waals surface area (Å²) >= 11 is 1.83. The van der Waals surface area contributed by atoms with E-state index in [2.05, 4.69) is 52.2 Å². The van der Waals surface area contributed by atoms with Gasteiger partial charge in [-0.05, 0) is 30.7 Å². The van der Waals surface area contributed by atoms with Crippen LogP contribution in [0.3, 0.4) is 0 Å². The molecule has 0 spiro atoms. The number of thiazole rings is 1. The fourth-order valence-corrected chi connectivity index (χ4v) is 3.34. The summed E-state index contributed by atoms with van der Waals surface area (Å²) in [6.45, 7) is 14.9. The highest BCUT2D eigenvalue weighted by Gasteiger charge is 2.29. The number of nitrogens with one attached hydrogen (secondary N) is 1. The lowest BCUT2D eigenvalue weighted by atomic mass is 9.79. The van der Waals surface area contributed by atoms with Gasteiger partial charge in [-0.2, -0.15) is 0 Å². The van der Waals surface area contributed by atoms with Crippen LogP contribution in [0.5, 0.6) is 0 Å². The van der Waals surface area contributed by atoms with Crippen LogP contribution in [0.4, 0.5) is 0 Å². The summed E-state index contributed by atoms with van der Waals surface area (Å²) in [5.41, 5.74) is 1.73. The van der Waals surface area contributed by atoms with Crippen molar-refractivity contribution < 1.29 is 0 Å². The van der Waals surface area contributed by atoms with Crippen LogP contribution < -0.4 is 5.32 Å². The minimum Gasteiger partial charge on any atom is -0.314 e. The molecule has 1 saturated carbocycles. The van der Waals surface area contributed by atoms with E-state index in [0.717, 1.165) is 19.0 Å². The standard InChI is InChI=1S/C17H30N2S/c1-16(2,3)12(10-18-13-7-8-13)9-15-19-14(11-20-15)17(4,5)6/h11-13,18H,7-10H2,1-6H3. The van der Waals surface area contributed by atoms with Crippen LogP contribution in [0.1, 0.15) is 65.1 Å². The SMILES string of the molecule is CC(C)(C)c1csc(CC(CNC2CC2)C(C)(C)C)n1.